The summed E-state index contributed by atoms with van der Waals surface area (Å²) < 4.78 is 6.06. The van der Waals surface area contributed by atoms with Crippen LogP contribution in [0.2, 0.25) is 0 Å². The fraction of sp³-hybridized carbons (Fsp3) is 0.200. The summed E-state index contributed by atoms with van der Waals surface area (Å²) in [5.74, 6) is 1.45. The minimum absolute atomic E-state index is 0.0858. The summed E-state index contributed by atoms with van der Waals surface area (Å²) in [5.41, 5.74) is 5.52. The van der Waals surface area contributed by atoms with Crippen LogP contribution in [0.3, 0.4) is 0 Å². The van der Waals surface area contributed by atoms with E-state index in [9.17, 15) is 4.79 Å². The molecule has 6 rings (SSSR count). The van der Waals surface area contributed by atoms with Crippen molar-refractivity contribution in [2.45, 2.75) is 36.7 Å². The van der Waals surface area contributed by atoms with E-state index < -0.39 is 0 Å². The third-order valence-corrected chi connectivity index (χ3v) is 6.74. The fourth-order valence-electron chi connectivity index (χ4n) is 4.22. The molecule has 8 nitrogen and oxygen atoms in total. The van der Waals surface area contributed by atoms with Gasteiger partial charge in [-0.2, -0.15) is 0 Å². The Morgan fingerprint density at radius 1 is 1.09 bits per heavy atom. The summed E-state index contributed by atoms with van der Waals surface area (Å²) in [6, 6.07) is 13.8. The van der Waals surface area contributed by atoms with Crippen LogP contribution in [0.1, 0.15) is 22.6 Å². The normalized spacial score (nSPS) is 13.9. The Hall–Kier alpha value is -3.69. The lowest BCUT2D eigenvalue weighted by Gasteiger charge is -2.26. The summed E-state index contributed by atoms with van der Waals surface area (Å²) in [7, 11) is 0. The predicted octanol–water partition coefficient (Wildman–Crippen LogP) is 4.32. The molecular formula is C25H22N6O2S. The summed E-state index contributed by atoms with van der Waals surface area (Å²) in [5, 5.41) is 1.58. The van der Waals surface area contributed by atoms with E-state index in [0.717, 1.165) is 56.8 Å². The van der Waals surface area contributed by atoms with E-state index in [1.165, 1.54) is 17.3 Å². The number of aromatic nitrogens is 5. The molecule has 0 bridgehead atoms. The molecule has 0 saturated heterocycles. The molecule has 0 amide bonds. The Morgan fingerprint density at radius 2 is 1.97 bits per heavy atom. The van der Waals surface area contributed by atoms with Gasteiger partial charge in [-0.1, -0.05) is 6.07 Å². The van der Waals surface area contributed by atoms with Crippen molar-refractivity contribution in [1.82, 2.24) is 29.8 Å². The third kappa shape index (κ3) is 4.15. The van der Waals surface area contributed by atoms with Crippen LogP contribution in [0.25, 0.3) is 22.4 Å². The number of imidazole rings is 1. The zero-order valence-corrected chi connectivity index (χ0v) is 19.4. The summed E-state index contributed by atoms with van der Waals surface area (Å²) in [6.45, 7) is 4.05. The van der Waals surface area contributed by atoms with Gasteiger partial charge in [0.05, 0.1) is 28.8 Å². The van der Waals surface area contributed by atoms with E-state index in [1.807, 2.05) is 30.3 Å². The molecule has 0 atom stereocenters. The molecular weight excluding hydrogens is 448 g/mol. The molecule has 1 aromatic carbocycles. The highest BCUT2D eigenvalue weighted by molar-refractivity contribution is 7.99. The highest BCUT2D eigenvalue weighted by Gasteiger charge is 2.22. The number of aryl methyl sites for hydroxylation is 1. The van der Waals surface area contributed by atoms with Crippen LogP contribution in [0.5, 0.6) is 0 Å². The number of benzene rings is 1. The number of aromatic amines is 2. The molecule has 5 aromatic rings. The molecule has 34 heavy (non-hydrogen) atoms. The maximum atomic E-state index is 12.8. The largest absolute Gasteiger partial charge is 0.453 e. The molecule has 170 valence electrons. The minimum atomic E-state index is -0.0858. The molecule has 0 aliphatic carbocycles. The molecule has 0 saturated carbocycles. The number of H-pyrrole nitrogens is 2. The zero-order chi connectivity index (χ0) is 23.1. The minimum Gasteiger partial charge on any atom is -0.453 e. The number of furan rings is 1. The molecule has 1 aliphatic heterocycles. The van der Waals surface area contributed by atoms with Gasteiger partial charge in [-0.25, -0.2) is 9.97 Å². The van der Waals surface area contributed by atoms with E-state index in [1.54, 1.807) is 12.4 Å². The van der Waals surface area contributed by atoms with Crippen molar-refractivity contribution in [3.63, 3.8) is 0 Å². The van der Waals surface area contributed by atoms with E-state index in [4.69, 9.17) is 9.40 Å². The van der Waals surface area contributed by atoms with E-state index in [-0.39, 0.29) is 5.56 Å². The van der Waals surface area contributed by atoms with Crippen LogP contribution in [-0.2, 0) is 19.5 Å². The number of pyridine rings is 1. The average molecular weight is 471 g/mol. The Morgan fingerprint density at radius 3 is 2.85 bits per heavy atom. The van der Waals surface area contributed by atoms with Crippen molar-refractivity contribution in [2.75, 3.05) is 6.54 Å². The molecule has 1 aliphatic rings. The fourth-order valence-corrected chi connectivity index (χ4v) is 5.00. The van der Waals surface area contributed by atoms with Gasteiger partial charge in [0.15, 0.2) is 10.2 Å². The number of hydrogen-bond acceptors (Lipinski definition) is 7. The molecule has 9 heteroatoms. The Balaban J connectivity index is 1.15. The number of nitrogens with one attached hydrogen (secondary N) is 2. The van der Waals surface area contributed by atoms with Gasteiger partial charge in [-0.05, 0) is 60.6 Å². The monoisotopic (exact) mass is 470 g/mol. The predicted molar refractivity (Wildman–Crippen MR) is 130 cm³/mol. The SMILES string of the molecule is Cc1ccc2nc(Sc3ccc(CN4CCc5nc(-c6ccncc6)[nH]c(=O)c5C4)o3)[nH]c2c1. The second kappa shape index (κ2) is 8.58. The van der Waals surface area contributed by atoms with Crippen LogP contribution in [-0.4, -0.2) is 36.4 Å². The standard InChI is InChI=1S/C25H22N6O2S/c1-15-2-4-20-21(12-15)29-25(28-20)34-22-5-3-17(33-22)13-31-11-8-19-18(14-31)24(32)30-23(27-19)16-6-9-26-10-7-16/h2-7,9-10,12H,8,11,13-14H2,1H3,(H,28,29)(H,27,30,32). The van der Waals surface area contributed by atoms with E-state index >= 15 is 0 Å². The Kier molecular flexibility index (Phi) is 5.27. The van der Waals surface area contributed by atoms with E-state index in [0.29, 0.717) is 18.9 Å². The highest BCUT2D eigenvalue weighted by Crippen LogP contribution is 2.30. The van der Waals surface area contributed by atoms with Crippen molar-refractivity contribution in [3.05, 3.63) is 87.8 Å². The smallest absolute Gasteiger partial charge is 0.255 e. The number of hydrogen-bond donors (Lipinski definition) is 2. The molecule has 0 spiro atoms. The van der Waals surface area contributed by atoms with Crippen LogP contribution in [0.4, 0.5) is 0 Å². The maximum Gasteiger partial charge on any atom is 0.255 e. The Bertz CT molecular complexity index is 1540. The van der Waals surface area contributed by atoms with Crippen LogP contribution >= 0.6 is 11.8 Å². The van der Waals surface area contributed by atoms with Gasteiger partial charge in [0.2, 0.25) is 0 Å². The van der Waals surface area contributed by atoms with Crippen molar-refractivity contribution in [3.8, 4) is 11.4 Å². The van der Waals surface area contributed by atoms with Gasteiger partial charge >= 0.3 is 0 Å². The number of nitrogens with zero attached hydrogens (tertiary/aromatic N) is 4. The zero-order valence-electron chi connectivity index (χ0n) is 18.5. The summed E-state index contributed by atoms with van der Waals surface area (Å²) >= 11 is 1.47. The molecule has 2 N–H and O–H groups in total. The van der Waals surface area contributed by atoms with Crippen LogP contribution in [0.15, 0.2) is 74.3 Å². The lowest BCUT2D eigenvalue weighted by atomic mass is 10.1. The highest BCUT2D eigenvalue weighted by atomic mass is 32.2. The van der Waals surface area contributed by atoms with Crippen molar-refractivity contribution in [1.29, 1.82) is 0 Å². The maximum absolute atomic E-state index is 12.8. The molecule has 0 unspecified atom stereocenters. The summed E-state index contributed by atoms with van der Waals surface area (Å²) in [6.07, 6.45) is 4.11. The van der Waals surface area contributed by atoms with Crippen molar-refractivity contribution >= 4 is 22.8 Å². The first kappa shape index (κ1) is 20.9. The summed E-state index contributed by atoms with van der Waals surface area (Å²) in [4.78, 5) is 34.6. The van der Waals surface area contributed by atoms with Gasteiger partial charge in [-0.15, -0.1) is 0 Å². The van der Waals surface area contributed by atoms with Gasteiger partial charge in [-0.3, -0.25) is 14.7 Å². The van der Waals surface area contributed by atoms with Crippen molar-refractivity contribution in [2.24, 2.45) is 0 Å². The van der Waals surface area contributed by atoms with Gasteiger partial charge in [0.25, 0.3) is 5.56 Å². The topological polar surface area (TPSA) is 104 Å². The van der Waals surface area contributed by atoms with Gasteiger partial charge in [0, 0.05) is 37.5 Å². The lowest BCUT2D eigenvalue weighted by molar-refractivity contribution is 0.217. The first-order chi connectivity index (χ1) is 16.6. The third-order valence-electron chi connectivity index (χ3n) is 5.93. The average Bonchev–Trinajstić information content (AvgIpc) is 3.45. The Labute approximate surface area is 199 Å². The van der Waals surface area contributed by atoms with Crippen molar-refractivity contribution < 1.29 is 4.42 Å². The molecule has 4 aromatic heterocycles. The second-order valence-corrected chi connectivity index (χ2v) is 9.41. The van der Waals surface area contributed by atoms with Crippen LogP contribution < -0.4 is 5.56 Å². The van der Waals surface area contributed by atoms with Gasteiger partial charge in [0.1, 0.15) is 11.6 Å². The first-order valence-corrected chi connectivity index (χ1v) is 11.9. The second-order valence-electron chi connectivity index (χ2n) is 8.42. The molecule has 5 heterocycles. The first-order valence-electron chi connectivity index (χ1n) is 11.1. The lowest BCUT2D eigenvalue weighted by Crippen LogP contribution is -2.35. The number of rotatable bonds is 5. The van der Waals surface area contributed by atoms with Crippen LogP contribution in [0, 0.1) is 6.92 Å². The quantitative estimate of drug-likeness (QED) is 0.394. The van der Waals surface area contributed by atoms with E-state index in [2.05, 4.69) is 43.9 Å². The molecule has 0 radical (unpaired) electrons. The molecule has 0 fully saturated rings. The van der Waals surface area contributed by atoms with Gasteiger partial charge < -0.3 is 14.4 Å². The number of fused-ring (bicyclic) bond motifs is 2.